The van der Waals surface area contributed by atoms with Crippen molar-refractivity contribution in [3.63, 3.8) is 0 Å². The smallest absolute Gasteiger partial charge is 0.270 e. The Kier molecular flexibility index (Phi) is 4.21. The monoisotopic (exact) mass is 286 g/mol. The quantitative estimate of drug-likeness (QED) is 0.692. The van der Waals surface area contributed by atoms with Crippen LogP contribution in [0.1, 0.15) is 31.9 Å². The van der Waals surface area contributed by atoms with Crippen molar-refractivity contribution in [3.05, 3.63) is 63.8 Å². The lowest BCUT2D eigenvalue weighted by molar-refractivity contribution is -0.413. The average Bonchev–Trinajstić information content (AvgIpc) is 2.45. The van der Waals surface area contributed by atoms with Gasteiger partial charge < -0.3 is 0 Å². The van der Waals surface area contributed by atoms with E-state index in [0.717, 1.165) is 11.4 Å². The van der Waals surface area contributed by atoms with E-state index in [-0.39, 0.29) is 11.1 Å². The molecule has 0 unspecified atom stereocenters. The molecule has 1 aromatic carbocycles. The number of nitrogens with one attached hydrogen (secondary N) is 2. The van der Waals surface area contributed by atoms with Gasteiger partial charge >= 0.3 is 5.69 Å². The van der Waals surface area contributed by atoms with Gasteiger partial charge in [0.1, 0.15) is 6.54 Å². The predicted molar refractivity (Wildman–Crippen MR) is 82.1 cm³/mol. The molecule has 0 aliphatic heterocycles. The Morgan fingerprint density at radius 1 is 1.14 bits per heavy atom. The molecule has 1 heterocycles. The molecule has 0 saturated heterocycles. The second kappa shape index (κ2) is 5.91. The second-order valence-corrected chi connectivity index (χ2v) is 6.02. The Morgan fingerprint density at radius 2 is 1.81 bits per heavy atom. The highest BCUT2D eigenvalue weighted by molar-refractivity contribution is 5.36. The first kappa shape index (κ1) is 15.0. The van der Waals surface area contributed by atoms with Gasteiger partial charge in [-0.05, 0) is 16.5 Å². The summed E-state index contributed by atoms with van der Waals surface area (Å²) in [5.74, 6) is 0.750. The van der Waals surface area contributed by atoms with Crippen LogP contribution >= 0.6 is 0 Å². The number of benzene rings is 1. The first-order chi connectivity index (χ1) is 9.86. The molecule has 0 amide bonds. The summed E-state index contributed by atoms with van der Waals surface area (Å²) in [6.45, 7) is 7.23. The van der Waals surface area contributed by atoms with Crippen LogP contribution in [0.2, 0.25) is 0 Å². The van der Waals surface area contributed by atoms with E-state index in [1.165, 1.54) is 17.8 Å². The third-order valence-corrected chi connectivity index (χ3v) is 3.31. The zero-order chi connectivity index (χ0) is 15.5. The molecule has 0 atom stereocenters. The van der Waals surface area contributed by atoms with E-state index < -0.39 is 4.92 Å². The molecular weight excluding hydrogens is 266 g/mol. The fraction of sp³-hybridized carbons (Fsp3) is 0.312. The summed E-state index contributed by atoms with van der Waals surface area (Å²) in [5, 5.41) is 13.8. The van der Waals surface area contributed by atoms with Gasteiger partial charge in [0.15, 0.2) is 6.20 Å². The van der Waals surface area contributed by atoms with E-state index in [2.05, 4.69) is 55.3 Å². The standard InChI is InChI=1S/C16H19N3O2/c1-16(2,3)13-6-4-12(5-7-13)10-17-15-9-8-14(11-18-15)19(20)21/h4-9,11H,10H2,1-3H3,(H,17,18)/p+1. The number of rotatable bonds is 4. The molecule has 2 rings (SSSR count). The van der Waals surface area contributed by atoms with Gasteiger partial charge in [-0.1, -0.05) is 45.0 Å². The minimum Gasteiger partial charge on any atom is -0.270 e. The largest absolute Gasteiger partial charge is 0.308 e. The van der Waals surface area contributed by atoms with Gasteiger partial charge in [0.05, 0.1) is 4.92 Å². The second-order valence-electron chi connectivity index (χ2n) is 6.02. The van der Waals surface area contributed by atoms with Crippen LogP contribution in [0.15, 0.2) is 42.6 Å². The number of hydrogen-bond donors (Lipinski definition) is 1. The van der Waals surface area contributed by atoms with Crippen molar-refractivity contribution in [2.24, 2.45) is 0 Å². The zero-order valence-electron chi connectivity index (χ0n) is 12.5. The summed E-state index contributed by atoms with van der Waals surface area (Å²) in [7, 11) is 0. The van der Waals surface area contributed by atoms with Gasteiger partial charge in [0.2, 0.25) is 0 Å². The summed E-state index contributed by atoms with van der Waals surface area (Å²) in [4.78, 5) is 13.0. The Bertz CT molecular complexity index is 613. The van der Waals surface area contributed by atoms with Gasteiger partial charge in [-0.15, -0.1) is 0 Å². The lowest BCUT2D eigenvalue weighted by Gasteiger charge is -2.18. The molecule has 2 aromatic rings. The molecule has 0 aliphatic carbocycles. The van der Waals surface area contributed by atoms with Gasteiger partial charge in [-0.25, -0.2) is 4.98 Å². The molecule has 0 fully saturated rings. The minimum atomic E-state index is -0.425. The molecule has 0 bridgehead atoms. The number of nitro groups is 1. The average molecular weight is 286 g/mol. The minimum absolute atomic E-state index is 0.0510. The highest BCUT2D eigenvalue weighted by Gasteiger charge is 2.13. The van der Waals surface area contributed by atoms with Crippen molar-refractivity contribution < 1.29 is 9.91 Å². The first-order valence-electron chi connectivity index (χ1n) is 6.86. The van der Waals surface area contributed by atoms with Crippen molar-refractivity contribution in [2.45, 2.75) is 32.7 Å². The molecule has 0 saturated carbocycles. The number of pyridine rings is 1. The zero-order valence-corrected chi connectivity index (χ0v) is 12.5. The van der Waals surface area contributed by atoms with Crippen molar-refractivity contribution in [1.82, 2.24) is 0 Å². The van der Waals surface area contributed by atoms with Crippen LogP contribution in [0, 0.1) is 10.1 Å². The van der Waals surface area contributed by atoms with Gasteiger partial charge in [-0.2, -0.15) is 0 Å². The molecule has 1 aromatic heterocycles. The van der Waals surface area contributed by atoms with E-state index >= 15 is 0 Å². The maximum absolute atomic E-state index is 10.6. The van der Waals surface area contributed by atoms with Crippen molar-refractivity contribution in [2.75, 3.05) is 5.32 Å². The molecule has 5 nitrogen and oxygen atoms in total. The maximum Gasteiger partial charge on any atom is 0.308 e. The van der Waals surface area contributed by atoms with E-state index in [1.54, 1.807) is 6.07 Å². The highest BCUT2D eigenvalue weighted by atomic mass is 16.6. The SMILES string of the molecule is CC(C)(C)c1ccc(CNc2ccc([N+](=O)[O-])c[nH+]2)cc1. The fourth-order valence-electron chi connectivity index (χ4n) is 1.96. The molecule has 0 radical (unpaired) electrons. The summed E-state index contributed by atoms with van der Waals surface area (Å²) in [6, 6.07) is 11.6. The molecule has 21 heavy (non-hydrogen) atoms. The van der Waals surface area contributed by atoms with E-state index in [1.807, 2.05) is 0 Å². The number of aromatic amines is 1. The maximum atomic E-state index is 10.6. The molecule has 0 aliphatic rings. The summed E-state index contributed by atoms with van der Waals surface area (Å²) in [5.41, 5.74) is 2.66. The number of H-pyrrole nitrogens is 1. The van der Waals surface area contributed by atoms with Crippen LogP contribution in [0.5, 0.6) is 0 Å². The molecule has 0 spiro atoms. The fourth-order valence-corrected chi connectivity index (χ4v) is 1.96. The predicted octanol–water partition coefficient (Wildman–Crippen LogP) is 3.32. The number of nitrogens with zero attached hydrogens (tertiary/aromatic N) is 1. The summed E-state index contributed by atoms with van der Waals surface area (Å²) in [6.07, 6.45) is 1.38. The third-order valence-electron chi connectivity index (χ3n) is 3.31. The third kappa shape index (κ3) is 4.02. The molecule has 5 heteroatoms. The van der Waals surface area contributed by atoms with E-state index in [9.17, 15) is 10.1 Å². The Hall–Kier alpha value is -2.43. The summed E-state index contributed by atoms with van der Waals surface area (Å²) >= 11 is 0. The van der Waals surface area contributed by atoms with Crippen LogP contribution in [-0.2, 0) is 12.0 Å². The topological polar surface area (TPSA) is 69.3 Å². The lowest BCUT2D eigenvalue weighted by Crippen LogP contribution is -2.14. The van der Waals surface area contributed by atoms with Crippen molar-refractivity contribution in [1.29, 1.82) is 0 Å². The van der Waals surface area contributed by atoms with Gasteiger partial charge in [-0.3, -0.25) is 15.4 Å². The molecule has 2 N–H and O–H groups in total. The van der Waals surface area contributed by atoms with Crippen molar-refractivity contribution >= 4 is 11.5 Å². The van der Waals surface area contributed by atoms with Crippen LogP contribution in [0.25, 0.3) is 0 Å². The number of anilines is 1. The lowest BCUT2D eigenvalue weighted by atomic mass is 9.87. The number of hydrogen-bond acceptors (Lipinski definition) is 3. The first-order valence-corrected chi connectivity index (χ1v) is 6.86. The number of aromatic nitrogens is 1. The van der Waals surface area contributed by atoms with Crippen LogP contribution in [-0.4, -0.2) is 4.92 Å². The van der Waals surface area contributed by atoms with Crippen LogP contribution in [0.4, 0.5) is 11.5 Å². The van der Waals surface area contributed by atoms with Crippen molar-refractivity contribution in [3.8, 4) is 0 Å². The molecule has 110 valence electrons. The van der Waals surface area contributed by atoms with Gasteiger partial charge in [0, 0.05) is 12.1 Å². The Balaban J connectivity index is 1.98. The van der Waals surface area contributed by atoms with Gasteiger partial charge in [0.25, 0.3) is 5.82 Å². The highest BCUT2D eigenvalue weighted by Crippen LogP contribution is 2.22. The molecular formula is C16H20N3O2+. The van der Waals surface area contributed by atoms with E-state index in [0.29, 0.717) is 6.54 Å². The Labute approximate surface area is 124 Å². The van der Waals surface area contributed by atoms with Crippen LogP contribution < -0.4 is 10.3 Å². The Morgan fingerprint density at radius 3 is 2.29 bits per heavy atom. The van der Waals surface area contributed by atoms with E-state index in [4.69, 9.17) is 0 Å². The normalized spacial score (nSPS) is 11.2. The summed E-state index contributed by atoms with van der Waals surface area (Å²) < 4.78 is 0. The van der Waals surface area contributed by atoms with Crippen LogP contribution in [0.3, 0.4) is 0 Å².